The van der Waals surface area contributed by atoms with Gasteiger partial charge in [0.15, 0.2) is 17.6 Å². The SMILES string of the molecule is CC(OC(=O)c1ccc2c(c1)OCCCO2)c1nnc(-c2ccccc2)o1. The zero-order valence-corrected chi connectivity index (χ0v) is 14.8. The maximum atomic E-state index is 12.5. The third-order valence-electron chi connectivity index (χ3n) is 4.08. The topological polar surface area (TPSA) is 83.7 Å². The number of hydrogen-bond donors (Lipinski definition) is 0. The third kappa shape index (κ3) is 3.76. The summed E-state index contributed by atoms with van der Waals surface area (Å²) in [6, 6.07) is 14.4. The van der Waals surface area contributed by atoms with E-state index in [0.29, 0.717) is 36.2 Å². The molecule has 1 aliphatic heterocycles. The molecule has 1 unspecified atom stereocenters. The van der Waals surface area contributed by atoms with Gasteiger partial charge in [-0.2, -0.15) is 0 Å². The Bertz CT molecular complexity index is 939. The molecule has 138 valence electrons. The van der Waals surface area contributed by atoms with Crippen molar-refractivity contribution in [3.8, 4) is 23.0 Å². The summed E-state index contributed by atoms with van der Waals surface area (Å²) in [6.07, 6.45) is 0.116. The Labute approximate surface area is 155 Å². The van der Waals surface area contributed by atoms with Crippen molar-refractivity contribution >= 4 is 5.97 Å². The first kappa shape index (κ1) is 17.1. The number of benzene rings is 2. The standard InChI is InChI=1S/C20H18N2O5/c1-13(18-21-22-19(27-18)14-6-3-2-4-7-14)26-20(23)15-8-9-16-17(12-15)25-11-5-10-24-16/h2-4,6-9,12-13H,5,10-11H2,1H3. The minimum atomic E-state index is -0.682. The van der Waals surface area contributed by atoms with Gasteiger partial charge in [-0.25, -0.2) is 4.79 Å². The predicted molar refractivity (Wildman–Crippen MR) is 95.6 cm³/mol. The molecule has 3 aromatic rings. The Balaban J connectivity index is 1.47. The molecule has 0 radical (unpaired) electrons. The van der Waals surface area contributed by atoms with E-state index in [0.717, 1.165) is 12.0 Å². The molecule has 0 fully saturated rings. The number of carbonyl (C=O) groups is 1. The quantitative estimate of drug-likeness (QED) is 0.649. The van der Waals surface area contributed by atoms with Gasteiger partial charge < -0.3 is 18.6 Å². The van der Waals surface area contributed by atoms with Crippen molar-refractivity contribution in [3.63, 3.8) is 0 Å². The van der Waals surface area contributed by atoms with Gasteiger partial charge in [0, 0.05) is 12.0 Å². The number of hydrogen-bond acceptors (Lipinski definition) is 7. The lowest BCUT2D eigenvalue weighted by molar-refractivity contribution is 0.0279. The van der Waals surface area contributed by atoms with Crippen molar-refractivity contribution in [3.05, 3.63) is 60.0 Å². The highest BCUT2D eigenvalue weighted by Crippen LogP contribution is 2.31. The Morgan fingerprint density at radius 1 is 1.04 bits per heavy atom. The van der Waals surface area contributed by atoms with Crippen molar-refractivity contribution in [2.24, 2.45) is 0 Å². The molecule has 7 heteroatoms. The van der Waals surface area contributed by atoms with Crippen molar-refractivity contribution in [1.82, 2.24) is 10.2 Å². The Kier molecular flexibility index (Phi) is 4.74. The Morgan fingerprint density at radius 3 is 2.63 bits per heavy atom. The predicted octanol–water partition coefficient (Wildman–Crippen LogP) is 3.82. The van der Waals surface area contributed by atoms with Gasteiger partial charge in [0.2, 0.25) is 5.89 Å². The Morgan fingerprint density at radius 2 is 1.81 bits per heavy atom. The average Bonchev–Trinajstić information content (AvgIpc) is 3.08. The fraction of sp³-hybridized carbons (Fsp3) is 0.250. The van der Waals surface area contributed by atoms with E-state index in [1.54, 1.807) is 25.1 Å². The first-order chi connectivity index (χ1) is 13.2. The number of nitrogens with zero attached hydrogens (tertiary/aromatic N) is 2. The molecule has 4 rings (SSSR count). The summed E-state index contributed by atoms with van der Waals surface area (Å²) in [5, 5.41) is 7.99. The molecule has 0 spiro atoms. The van der Waals surface area contributed by atoms with Crippen LogP contribution in [0.5, 0.6) is 11.5 Å². The second kappa shape index (κ2) is 7.49. The molecule has 27 heavy (non-hydrogen) atoms. The lowest BCUT2D eigenvalue weighted by Crippen LogP contribution is -2.10. The highest BCUT2D eigenvalue weighted by molar-refractivity contribution is 5.90. The van der Waals surface area contributed by atoms with Crippen molar-refractivity contribution in [1.29, 1.82) is 0 Å². The van der Waals surface area contributed by atoms with Crippen LogP contribution in [-0.4, -0.2) is 29.4 Å². The van der Waals surface area contributed by atoms with Crippen LogP contribution in [0.15, 0.2) is 52.9 Å². The van der Waals surface area contributed by atoms with Crippen LogP contribution in [0.25, 0.3) is 11.5 Å². The molecule has 0 saturated heterocycles. The summed E-state index contributed by atoms with van der Waals surface area (Å²) in [7, 11) is 0. The lowest BCUT2D eigenvalue weighted by Gasteiger charge is -2.11. The largest absolute Gasteiger partial charge is 0.490 e. The first-order valence-electron chi connectivity index (χ1n) is 8.70. The number of ether oxygens (including phenoxy) is 3. The van der Waals surface area contributed by atoms with E-state index >= 15 is 0 Å². The molecule has 7 nitrogen and oxygen atoms in total. The van der Waals surface area contributed by atoms with E-state index in [9.17, 15) is 4.79 Å². The van der Waals surface area contributed by atoms with E-state index in [1.165, 1.54) is 0 Å². The highest BCUT2D eigenvalue weighted by atomic mass is 16.6. The second-order valence-electron chi connectivity index (χ2n) is 6.07. The van der Waals surface area contributed by atoms with Gasteiger partial charge in [-0.15, -0.1) is 10.2 Å². The average molecular weight is 366 g/mol. The van der Waals surface area contributed by atoms with E-state index in [-0.39, 0.29) is 5.89 Å². The first-order valence-corrected chi connectivity index (χ1v) is 8.70. The van der Waals surface area contributed by atoms with Crippen LogP contribution in [0.4, 0.5) is 0 Å². The van der Waals surface area contributed by atoms with Gasteiger partial charge in [0.25, 0.3) is 5.89 Å². The fourth-order valence-corrected chi connectivity index (χ4v) is 2.67. The lowest BCUT2D eigenvalue weighted by atomic mass is 10.2. The van der Waals surface area contributed by atoms with Crippen LogP contribution in [-0.2, 0) is 4.74 Å². The number of fused-ring (bicyclic) bond motifs is 1. The van der Waals surface area contributed by atoms with Gasteiger partial charge in [0.1, 0.15) is 0 Å². The van der Waals surface area contributed by atoms with E-state index < -0.39 is 12.1 Å². The van der Waals surface area contributed by atoms with E-state index in [4.69, 9.17) is 18.6 Å². The molecular weight excluding hydrogens is 348 g/mol. The third-order valence-corrected chi connectivity index (χ3v) is 4.08. The molecule has 0 saturated carbocycles. The summed E-state index contributed by atoms with van der Waals surface area (Å²) in [5.74, 6) is 1.28. The summed E-state index contributed by atoms with van der Waals surface area (Å²) < 4.78 is 22.3. The van der Waals surface area contributed by atoms with Gasteiger partial charge in [0.05, 0.1) is 18.8 Å². The molecule has 0 N–H and O–H groups in total. The van der Waals surface area contributed by atoms with E-state index in [1.807, 2.05) is 30.3 Å². The zero-order chi connectivity index (χ0) is 18.6. The monoisotopic (exact) mass is 366 g/mol. The molecule has 1 atom stereocenters. The smallest absolute Gasteiger partial charge is 0.339 e. The maximum Gasteiger partial charge on any atom is 0.339 e. The van der Waals surface area contributed by atoms with Crippen molar-refractivity contribution in [2.75, 3.05) is 13.2 Å². The number of carbonyl (C=O) groups excluding carboxylic acids is 1. The van der Waals surface area contributed by atoms with Crippen molar-refractivity contribution in [2.45, 2.75) is 19.4 Å². The van der Waals surface area contributed by atoms with Gasteiger partial charge >= 0.3 is 5.97 Å². The minimum Gasteiger partial charge on any atom is -0.490 e. The second-order valence-corrected chi connectivity index (χ2v) is 6.07. The van der Waals surface area contributed by atoms with Gasteiger partial charge in [-0.1, -0.05) is 18.2 Å². The normalized spacial score (nSPS) is 14.3. The van der Waals surface area contributed by atoms with Gasteiger partial charge in [-0.05, 0) is 37.3 Å². The highest BCUT2D eigenvalue weighted by Gasteiger charge is 2.21. The van der Waals surface area contributed by atoms with Crippen LogP contribution >= 0.6 is 0 Å². The molecule has 0 aliphatic carbocycles. The zero-order valence-electron chi connectivity index (χ0n) is 14.8. The summed E-state index contributed by atoms with van der Waals surface area (Å²) >= 11 is 0. The molecule has 2 heterocycles. The van der Waals surface area contributed by atoms with Crippen LogP contribution in [0.2, 0.25) is 0 Å². The molecule has 1 aliphatic rings. The minimum absolute atomic E-state index is 0.233. The molecular formula is C20H18N2O5. The van der Waals surface area contributed by atoms with E-state index in [2.05, 4.69) is 10.2 Å². The number of rotatable bonds is 4. The molecule has 2 aromatic carbocycles. The van der Waals surface area contributed by atoms with Crippen LogP contribution in [0.3, 0.4) is 0 Å². The number of esters is 1. The fourth-order valence-electron chi connectivity index (χ4n) is 2.67. The van der Waals surface area contributed by atoms with Crippen LogP contribution in [0.1, 0.15) is 35.7 Å². The maximum absolute atomic E-state index is 12.5. The van der Waals surface area contributed by atoms with Crippen molar-refractivity contribution < 1.29 is 23.4 Å². The van der Waals surface area contributed by atoms with Crippen LogP contribution < -0.4 is 9.47 Å². The summed E-state index contributed by atoms with van der Waals surface area (Å²) in [4.78, 5) is 12.5. The molecule has 1 aromatic heterocycles. The molecule has 0 bridgehead atoms. The van der Waals surface area contributed by atoms with Gasteiger partial charge in [-0.3, -0.25) is 0 Å². The Hall–Kier alpha value is -3.35. The summed E-state index contributed by atoms with van der Waals surface area (Å²) in [6.45, 7) is 2.82. The number of aromatic nitrogens is 2. The summed E-state index contributed by atoms with van der Waals surface area (Å²) in [5.41, 5.74) is 1.17. The molecule has 0 amide bonds. The van der Waals surface area contributed by atoms with Crippen LogP contribution in [0, 0.1) is 0 Å².